The Labute approximate surface area is 211 Å². The molecule has 12 nitrogen and oxygen atoms in total. The molecular formula is C24H28FN7O5. The number of halogens is 1. The third-order valence-electron chi connectivity index (χ3n) is 5.68. The van der Waals surface area contributed by atoms with Crippen LogP contribution in [0.5, 0.6) is 0 Å². The fourth-order valence-corrected chi connectivity index (χ4v) is 3.67. The Hall–Kier alpha value is -3.94. The normalized spacial score (nSPS) is 19.4. The van der Waals surface area contributed by atoms with Gasteiger partial charge in [-0.3, -0.25) is 9.59 Å². The van der Waals surface area contributed by atoms with Gasteiger partial charge in [-0.15, -0.1) is 0 Å². The topological polar surface area (TPSA) is 177 Å². The van der Waals surface area contributed by atoms with Crippen molar-refractivity contribution in [3.05, 3.63) is 48.2 Å². The van der Waals surface area contributed by atoms with E-state index in [4.69, 9.17) is 20.3 Å². The van der Waals surface area contributed by atoms with E-state index in [0.717, 1.165) is 0 Å². The van der Waals surface area contributed by atoms with Gasteiger partial charge in [0.2, 0.25) is 18.1 Å². The van der Waals surface area contributed by atoms with E-state index >= 15 is 0 Å². The van der Waals surface area contributed by atoms with Crippen molar-refractivity contribution in [2.75, 3.05) is 38.2 Å². The average molecular weight is 514 g/mol. The number of nitrogens with zero attached hydrogens (tertiary/aromatic N) is 3. The number of H-pyrrole nitrogens is 1. The molecule has 2 aromatic heterocycles. The second-order valence-corrected chi connectivity index (χ2v) is 8.75. The molecule has 1 aromatic carbocycles. The molecule has 0 bridgehead atoms. The number of carbonyl (C=O) groups excluding carboxylic acids is 1. The van der Waals surface area contributed by atoms with Crippen molar-refractivity contribution < 1.29 is 28.6 Å². The zero-order valence-corrected chi connectivity index (χ0v) is 20.2. The highest BCUT2D eigenvalue weighted by Crippen LogP contribution is 2.35. The molecule has 0 radical (unpaired) electrons. The number of aromatic nitrogens is 4. The lowest BCUT2D eigenvalue weighted by atomic mass is 9.91. The predicted molar refractivity (Wildman–Crippen MR) is 131 cm³/mol. The molecule has 1 aliphatic heterocycles. The second-order valence-electron chi connectivity index (χ2n) is 8.75. The highest BCUT2D eigenvalue weighted by atomic mass is 19.1. The minimum absolute atomic E-state index is 0.0951. The number of hydrogen-bond donors (Lipinski definition) is 5. The van der Waals surface area contributed by atoms with E-state index in [-0.39, 0.29) is 43.9 Å². The van der Waals surface area contributed by atoms with Crippen LogP contribution in [0.2, 0.25) is 0 Å². The number of benzene rings is 1. The largest absolute Gasteiger partial charge is 0.481 e. The molecular weight excluding hydrogens is 485 g/mol. The molecule has 13 heteroatoms. The Morgan fingerprint density at radius 3 is 2.59 bits per heavy atom. The van der Waals surface area contributed by atoms with Crippen molar-refractivity contribution in [1.29, 1.82) is 0 Å². The van der Waals surface area contributed by atoms with Gasteiger partial charge in [-0.1, -0.05) is 0 Å². The van der Waals surface area contributed by atoms with Gasteiger partial charge in [0.1, 0.15) is 5.82 Å². The second kappa shape index (κ2) is 11.4. The number of carbonyl (C=O) groups is 2. The lowest BCUT2D eigenvalue weighted by Crippen LogP contribution is -2.49. The molecule has 4 rings (SSSR count). The van der Waals surface area contributed by atoms with Gasteiger partial charge < -0.3 is 35.9 Å². The number of nitrogens with one attached hydrogen (secondary N) is 3. The quantitative estimate of drug-likeness (QED) is 0.268. The van der Waals surface area contributed by atoms with Gasteiger partial charge in [0.15, 0.2) is 5.82 Å². The van der Waals surface area contributed by atoms with Crippen molar-refractivity contribution in [2.24, 2.45) is 11.1 Å². The third-order valence-corrected chi connectivity index (χ3v) is 5.68. The summed E-state index contributed by atoms with van der Waals surface area (Å²) < 4.78 is 25.3. The lowest BCUT2D eigenvalue weighted by molar-refractivity contribution is -0.231. The van der Waals surface area contributed by atoms with Crippen LogP contribution >= 0.6 is 0 Å². The van der Waals surface area contributed by atoms with Crippen LogP contribution in [0, 0.1) is 11.2 Å². The van der Waals surface area contributed by atoms with Gasteiger partial charge in [0, 0.05) is 31.4 Å². The summed E-state index contributed by atoms with van der Waals surface area (Å²) >= 11 is 0. The number of imidazole rings is 1. The summed E-state index contributed by atoms with van der Waals surface area (Å²) in [6.07, 6.45) is 0.556. The Morgan fingerprint density at radius 2 is 1.92 bits per heavy atom. The molecule has 1 fully saturated rings. The molecule has 6 N–H and O–H groups in total. The maximum atomic E-state index is 13.6. The van der Waals surface area contributed by atoms with Gasteiger partial charge >= 0.3 is 5.97 Å². The first-order valence-corrected chi connectivity index (χ1v) is 11.7. The van der Waals surface area contributed by atoms with Gasteiger partial charge in [0.05, 0.1) is 42.1 Å². The van der Waals surface area contributed by atoms with E-state index in [9.17, 15) is 14.0 Å². The van der Waals surface area contributed by atoms with Crippen molar-refractivity contribution in [2.45, 2.75) is 19.6 Å². The molecule has 0 aliphatic carbocycles. The molecule has 196 valence electrons. The van der Waals surface area contributed by atoms with Gasteiger partial charge in [-0.25, -0.2) is 19.3 Å². The van der Waals surface area contributed by atoms with Crippen LogP contribution < -0.4 is 16.4 Å². The van der Waals surface area contributed by atoms with Crippen LogP contribution in [0.3, 0.4) is 0 Å². The highest BCUT2D eigenvalue weighted by molar-refractivity contribution is 5.82. The Bertz CT molecular complexity index is 1240. The zero-order valence-electron chi connectivity index (χ0n) is 20.2. The Balaban J connectivity index is 1.60. The predicted octanol–water partition coefficient (Wildman–Crippen LogP) is 1.69. The van der Waals surface area contributed by atoms with Crippen molar-refractivity contribution in [3.63, 3.8) is 0 Å². The number of nitrogens with two attached hydrogens (primary N) is 1. The molecule has 1 saturated heterocycles. The number of aliphatic carboxylic acids is 1. The number of amides is 1. The zero-order chi connectivity index (χ0) is 26.4. The SMILES string of the molecule is CC1(C(=O)NCCN)COC(c2nc(-c3ccc(F)cc3)c(-c3ccnc(NCCC(=O)O)n3)[nH]2)OC1. The van der Waals surface area contributed by atoms with Crippen molar-refractivity contribution in [1.82, 2.24) is 25.3 Å². The maximum Gasteiger partial charge on any atom is 0.305 e. The summed E-state index contributed by atoms with van der Waals surface area (Å²) in [7, 11) is 0. The summed E-state index contributed by atoms with van der Waals surface area (Å²) in [6.45, 7) is 2.77. The van der Waals surface area contributed by atoms with E-state index < -0.39 is 17.7 Å². The summed E-state index contributed by atoms with van der Waals surface area (Å²) in [5.41, 5.74) is 6.66. The van der Waals surface area contributed by atoms with E-state index in [0.29, 0.717) is 41.6 Å². The molecule has 1 amide bonds. The van der Waals surface area contributed by atoms with Gasteiger partial charge in [-0.05, 0) is 37.3 Å². The number of aromatic amines is 1. The minimum atomic E-state index is -0.944. The van der Waals surface area contributed by atoms with Gasteiger partial charge in [0.25, 0.3) is 0 Å². The fraction of sp³-hybridized carbons (Fsp3) is 0.375. The average Bonchev–Trinajstić information content (AvgIpc) is 3.33. The molecule has 0 spiro atoms. The molecule has 0 saturated carbocycles. The first-order valence-electron chi connectivity index (χ1n) is 11.7. The number of carboxylic acids is 1. The maximum absolute atomic E-state index is 13.6. The van der Waals surface area contributed by atoms with E-state index in [2.05, 4.69) is 30.6 Å². The summed E-state index contributed by atoms with van der Waals surface area (Å²) in [5.74, 6) is -0.963. The molecule has 0 unspecified atom stereocenters. The van der Waals surface area contributed by atoms with Crippen molar-refractivity contribution in [3.8, 4) is 22.6 Å². The number of rotatable bonds is 10. The number of carboxylic acid groups (broad SMARTS) is 1. The molecule has 37 heavy (non-hydrogen) atoms. The van der Waals surface area contributed by atoms with Crippen molar-refractivity contribution >= 4 is 17.8 Å². The van der Waals surface area contributed by atoms with Crippen LogP contribution in [-0.4, -0.2) is 69.8 Å². The monoisotopic (exact) mass is 513 g/mol. The molecule has 0 atom stereocenters. The fourth-order valence-electron chi connectivity index (χ4n) is 3.67. The summed E-state index contributed by atoms with van der Waals surface area (Å²) in [5, 5.41) is 14.5. The lowest BCUT2D eigenvalue weighted by Gasteiger charge is -2.35. The van der Waals surface area contributed by atoms with E-state index in [1.165, 1.54) is 18.3 Å². The van der Waals surface area contributed by atoms with Crippen LogP contribution in [0.25, 0.3) is 22.6 Å². The van der Waals surface area contributed by atoms with Crippen LogP contribution in [0.4, 0.5) is 10.3 Å². The minimum Gasteiger partial charge on any atom is -0.481 e. The van der Waals surface area contributed by atoms with Crippen LogP contribution in [0.1, 0.15) is 25.5 Å². The number of anilines is 1. The first kappa shape index (κ1) is 26.1. The first-order chi connectivity index (χ1) is 17.8. The van der Waals surface area contributed by atoms with E-state index in [1.54, 1.807) is 25.1 Å². The molecule has 3 heterocycles. The standard InChI is InChI=1S/C24H28FN7O5/c1-24(22(35)27-11-8-26)12-36-21(37-13-24)20-31-18(14-2-4-15(25)5-3-14)19(32-20)16-6-9-28-23(30-16)29-10-7-17(33)34/h2-6,9,21H,7-8,10-13,26H2,1H3,(H,27,35)(H,31,32)(H,33,34)(H,28,29,30). The highest BCUT2D eigenvalue weighted by Gasteiger charge is 2.40. The number of ether oxygens (including phenoxy) is 2. The Kier molecular flexibility index (Phi) is 8.06. The number of hydrogen-bond acceptors (Lipinski definition) is 9. The summed E-state index contributed by atoms with van der Waals surface area (Å²) in [6, 6.07) is 7.49. The smallest absolute Gasteiger partial charge is 0.305 e. The Morgan fingerprint density at radius 1 is 1.19 bits per heavy atom. The summed E-state index contributed by atoms with van der Waals surface area (Å²) in [4.78, 5) is 39.8. The van der Waals surface area contributed by atoms with Crippen LogP contribution in [-0.2, 0) is 19.1 Å². The van der Waals surface area contributed by atoms with E-state index in [1.807, 2.05) is 0 Å². The van der Waals surface area contributed by atoms with Gasteiger partial charge in [-0.2, -0.15) is 0 Å². The van der Waals surface area contributed by atoms with Crippen LogP contribution in [0.15, 0.2) is 36.5 Å². The molecule has 1 aliphatic rings. The third kappa shape index (κ3) is 6.25. The molecule has 3 aromatic rings.